The van der Waals surface area contributed by atoms with Gasteiger partial charge in [-0.05, 0) is 25.8 Å². The topological polar surface area (TPSA) is 97.7 Å². The van der Waals surface area contributed by atoms with Crippen LogP contribution in [0.4, 0.5) is 5.69 Å². The molecule has 2 amide bonds. The number of hydrogen-bond acceptors (Lipinski definition) is 5. The summed E-state index contributed by atoms with van der Waals surface area (Å²) < 4.78 is 5.81. The monoisotopic (exact) mass is 349 g/mol. The number of nitrogens with one attached hydrogen (secondary N) is 1. The van der Waals surface area contributed by atoms with Crippen molar-refractivity contribution < 1.29 is 19.1 Å². The van der Waals surface area contributed by atoms with E-state index >= 15 is 0 Å². The quantitative estimate of drug-likeness (QED) is 0.646. The van der Waals surface area contributed by atoms with E-state index in [2.05, 4.69) is 10.1 Å². The standard InChI is InChI=1S/C17H23N3O5/c1-3-25-17(24)14(21)18-13-10-12(11-19(2)16(13)23)15(22)20-8-6-4-5-7-9-20/h10-11H,3-9H2,1-2H3,(H,18,21). The molecule has 0 atom stereocenters. The summed E-state index contributed by atoms with van der Waals surface area (Å²) in [6, 6.07) is 1.31. The van der Waals surface area contributed by atoms with Crippen LogP contribution in [0.5, 0.6) is 0 Å². The second-order valence-corrected chi connectivity index (χ2v) is 5.94. The first-order valence-electron chi connectivity index (χ1n) is 8.42. The van der Waals surface area contributed by atoms with Crippen molar-refractivity contribution in [1.82, 2.24) is 9.47 Å². The molecule has 1 aromatic rings. The third-order valence-corrected chi connectivity index (χ3v) is 4.03. The Morgan fingerprint density at radius 1 is 1.16 bits per heavy atom. The molecule has 136 valence electrons. The Kier molecular flexibility index (Phi) is 6.32. The highest BCUT2D eigenvalue weighted by Gasteiger charge is 2.21. The number of carbonyl (C=O) groups is 3. The number of ether oxygens (including phenoxy) is 1. The first-order valence-corrected chi connectivity index (χ1v) is 8.42. The molecule has 0 radical (unpaired) electrons. The third kappa shape index (κ3) is 4.68. The number of aryl methyl sites for hydroxylation is 1. The number of nitrogens with zero attached hydrogens (tertiary/aromatic N) is 2. The molecule has 1 aromatic heterocycles. The van der Waals surface area contributed by atoms with Gasteiger partial charge in [-0.2, -0.15) is 0 Å². The van der Waals surface area contributed by atoms with Crippen molar-refractivity contribution in [3.63, 3.8) is 0 Å². The maximum absolute atomic E-state index is 12.7. The first kappa shape index (κ1) is 18.7. The van der Waals surface area contributed by atoms with E-state index < -0.39 is 17.4 Å². The molecule has 2 heterocycles. The number of aromatic nitrogens is 1. The van der Waals surface area contributed by atoms with Gasteiger partial charge in [0.2, 0.25) is 0 Å². The second-order valence-electron chi connectivity index (χ2n) is 5.94. The van der Waals surface area contributed by atoms with Crippen LogP contribution in [0, 0.1) is 0 Å². The summed E-state index contributed by atoms with van der Waals surface area (Å²) in [7, 11) is 1.49. The van der Waals surface area contributed by atoms with Crippen molar-refractivity contribution in [2.24, 2.45) is 7.05 Å². The third-order valence-electron chi connectivity index (χ3n) is 4.03. The predicted molar refractivity (Wildman–Crippen MR) is 91.3 cm³/mol. The van der Waals surface area contributed by atoms with Gasteiger partial charge in [-0.3, -0.25) is 14.4 Å². The Labute approximate surface area is 145 Å². The molecule has 0 spiro atoms. The molecule has 0 saturated carbocycles. The SMILES string of the molecule is CCOC(=O)C(=O)Nc1cc(C(=O)N2CCCCCC2)cn(C)c1=O. The maximum atomic E-state index is 12.7. The molecule has 8 nitrogen and oxygen atoms in total. The minimum Gasteiger partial charge on any atom is -0.459 e. The van der Waals surface area contributed by atoms with E-state index in [1.54, 1.807) is 11.8 Å². The predicted octanol–water partition coefficient (Wildman–Crippen LogP) is 0.903. The summed E-state index contributed by atoms with van der Waals surface area (Å²) in [5.74, 6) is -2.31. The molecule has 1 N–H and O–H groups in total. The number of rotatable bonds is 3. The fraction of sp³-hybridized carbons (Fsp3) is 0.529. The van der Waals surface area contributed by atoms with Crippen molar-refractivity contribution in [3.8, 4) is 0 Å². The highest BCUT2D eigenvalue weighted by molar-refractivity contribution is 6.37. The zero-order valence-electron chi connectivity index (χ0n) is 14.5. The summed E-state index contributed by atoms with van der Waals surface area (Å²) in [6.07, 6.45) is 5.53. The maximum Gasteiger partial charge on any atom is 0.397 e. The van der Waals surface area contributed by atoms with Crippen LogP contribution in [0.2, 0.25) is 0 Å². The molecule has 0 aromatic carbocycles. The number of likely N-dealkylation sites (tertiary alicyclic amines) is 1. The van der Waals surface area contributed by atoms with Crippen LogP contribution in [0.3, 0.4) is 0 Å². The number of pyridine rings is 1. The lowest BCUT2D eigenvalue weighted by molar-refractivity contribution is -0.152. The summed E-state index contributed by atoms with van der Waals surface area (Å²) in [4.78, 5) is 49.8. The highest BCUT2D eigenvalue weighted by atomic mass is 16.5. The minimum absolute atomic E-state index is 0.0533. The average molecular weight is 349 g/mol. The normalized spacial score (nSPS) is 14.6. The fourth-order valence-corrected chi connectivity index (χ4v) is 2.74. The smallest absolute Gasteiger partial charge is 0.397 e. The van der Waals surface area contributed by atoms with E-state index in [4.69, 9.17) is 0 Å². The van der Waals surface area contributed by atoms with Gasteiger partial charge in [0.15, 0.2) is 0 Å². The first-order chi connectivity index (χ1) is 11.9. The molecule has 1 aliphatic heterocycles. The Morgan fingerprint density at radius 2 is 1.80 bits per heavy atom. The van der Waals surface area contributed by atoms with Crippen LogP contribution >= 0.6 is 0 Å². The van der Waals surface area contributed by atoms with Crippen LogP contribution < -0.4 is 10.9 Å². The molecule has 8 heteroatoms. The Hall–Kier alpha value is -2.64. The van der Waals surface area contributed by atoms with Gasteiger partial charge in [-0.25, -0.2) is 4.79 Å². The van der Waals surface area contributed by atoms with Crippen molar-refractivity contribution in [2.45, 2.75) is 32.6 Å². The van der Waals surface area contributed by atoms with Crippen molar-refractivity contribution in [2.75, 3.05) is 25.0 Å². The lowest BCUT2D eigenvalue weighted by atomic mass is 10.2. The van der Waals surface area contributed by atoms with Gasteiger partial charge in [0, 0.05) is 26.3 Å². The van der Waals surface area contributed by atoms with Crippen LogP contribution in [-0.2, 0) is 21.4 Å². The zero-order valence-corrected chi connectivity index (χ0v) is 14.5. The van der Waals surface area contributed by atoms with E-state index in [0.717, 1.165) is 25.7 Å². The van der Waals surface area contributed by atoms with Gasteiger partial charge in [-0.1, -0.05) is 12.8 Å². The fourth-order valence-electron chi connectivity index (χ4n) is 2.74. The molecule has 1 saturated heterocycles. The zero-order chi connectivity index (χ0) is 18.4. The number of amides is 2. The average Bonchev–Trinajstić information content (AvgIpc) is 2.87. The van der Waals surface area contributed by atoms with E-state index in [-0.39, 0.29) is 18.2 Å². The van der Waals surface area contributed by atoms with Crippen molar-refractivity contribution in [1.29, 1.82) is 0 Å². The van der Waals surface area contributed by atoms with E-state index in [9.17, 15) is 19.2 Å². The van der Waals surface area contributed by atoms with Gasteiger partial charge in [0.25, 0.3) is 11.5 Å². The molecule has 2 rings (SSSR count). The molecular weight excluding hydrogens is 326 g/mol. The summed E-state index contributed by atoms with van der Waals surface area (Å²) in [5, 5.41) is 2.23. The van der Waals surface area contributed by atoms with Crippen LogP contribution in [0.25, 0.3) is 0 Å². The summed E-state index contributed by atoms with van der Waals surface area (Å²) >= 11 is 0. The van der Waals surface area contributed by atoms with Gasteiger partial charge < -0.3 is 19.5 Å². The highest BCUT2D eigenvalue weighted by Crippen LogP contribution is 2.14. The Balaban J connectivity index is 2.24. The molecule has 0 bridgehead atoms. The Bertz CT molecular complexity index is 717. The second kappa shape index (κ2) is 8.46. The minimum atomic E-state index is -1.08. The van der Waals surface area contributed by atoms with Gasteiger partial charge in [0.1, 0.15) is 5.69 Å². The number of hydrogen-bond donors (Lipinski definition) is 1. The molecule has 1 fully saturated rings. The lowest BCUT2D eigenvalue weighted by Crippen LogP contribution is -2.34. The van der Waals surface area contributed by atoms with Gasteiger partial charge in [0.05, 0.1) is 12.2 Å². The summed E-state index contributed by atoms with van der Waals surface area (Å²) in [6.45, 7) is 2.97. The van der Waals surface area contributed by atoms with Crippen LogP contribution in [-0.4, -0.2) is 46.9 Å². The van der Waals surface area contributed by atoms with Crippen LogP contribution in [0.15, 0.2) is 17.1 Å². The van der Waals surface area contributed by atoms with Gasteiger partial charge in [-0.15, -0.1) is 0 Å². The van der Waals surface area contributed by atoms with Gasteiger partial charge >= 0.3 is 11.9 Å². The molecular formula is C17H23N3O5. The van der Waals surface area contributed by atoms with E-state index in [0.29, 0.717) is 18.7 Å². The molecule has 1 aliphatic rings. The van der Waals surface area contributed by atoms with Crippen LogP contribution in [0.1, 0.15) is 43.0 Å². The Morgan fingerprint density at radius 3 is 2.40 bits per heavy atom. The number of anilines is 1. The molecule has 0 unspecified atom stereocenters. The number of esters is 1. The summed E-state index contributed by atoms with van der Waals surface area (Å²) in [5.41, 5.74) is -0.338. The van der Waals surface area contributed by atoms with Crippen molar-refractivity contribution in [3.05, 3.63) is 28.2 Å². The molecule has 0 aliphatic carbocycles. The lowest BCUT2D eigenvalue weighted by Gasteiger charge is -2.21. The number of carbonyl (C=O) groups excluding carboxylic acids is 3. The van der Waals surface area contributed by atoms with E-state index in [1.165, 1.54) is 23.9 Å². The van der Waals surface area contributed by atoms with E-state index in [1.807, 2.05) is 0 Å². The molecule has 25 heavy (non-hydrogen) atoms. The van der Waals surface area contributed by atoms with Crippen molar-refractivity contribution >= 4 is 23.5 Å². The largest absolute Gasteiger partial charge is 0.459 e.